The van der Waals surface area contributed by atoms with Gasteiger partial charge in [0.1, 0.15) is 11.6 Å². The molecule has 1 N–H and O–H groups in total. The number of hydrogen-bond acceptors (Lipinski definition) is 1. The van der Waals surface area contributed by atoms with Gasteiger partial charge in [-0.05, 0) is 42.5 Å². The van der Waals surface area contributed by atoms with Crippen LogP contribution in [0.1, 0.15) is 10.4 Å². The zero-order valence-electron chi connectivity index (χ0n) is 9.08. The Kier molecular flexibility index (Phi) is 3.58. The summed E-state index contributed by atoms with van der Waals surface area (Å²) in [4.78, 5) is 11.7. The Morgan fingerprint density at radius 2 is 1.72 bits per heavy atom. The number of benzene rings is 2. The molecular formula is C13H8ClF2NO. The third-order valence-electron chi connectivity index (χ3n) is 2.28. The van der Waals surface area contributed by atoms with Crippen LogP contribution in [0.5, 0.6) is 0 Å². The maximum absolute atomic E-state index is 13.3. The number of carbonyl (C=O) groups is 1. The second kappa shape index (κ2) is 5.14. The van der Waals surface area contributed by atoms with Gasteiger partial charge in [-0.15, -0.1) is 0 Å². The molecular weight excluding hydrogens is 260 g/mol. The van der Waals surface area contributed by atoms with Crippen molar-refractivity contribution in [2.75, 3.05) is 5.32 Å². The monoisotopic (exact) mass is 267 g/mol. The SMILES string of the molecule is O=C(Nc1ccc(Cl)cc1)c1cc(F)ccc1F. The lowest BCUT2D eigenvalue weighted by Gasteiger charge is -2.06. The molecule has 0 atom stereocenters. The van der Waals surface area contributed by atoms with Gasteiger partial charge in [-0.1, -0.05) is 11.6 Å². The number of halogens is 3. The molecule has 0 aromatic heterocycles. The summed E-state index contributed by atoms with van der Waals surface area (Å²) >= 11 is 5.69. The summed E-state index contributed by atoms with van der Waals surface area (Å²) in [5.41, 5.74) is 0.109. The van der Waals surface area contributed by atoms with Crippen molar-refractivity contribution in [3.05, 3.63) is 64.7 Å². The zero-order valence-corrected chi connectivity index (χ0v) is 9.84. The van der Waals surface area contributed by atoms with Crippen LogP contribution in [0.3, 0.4) is 0 Å². The maximum Gasteiger partial charge on any atom is 0.258 e. The molecule has 1 amide bonds. The molecule has 0 saturated heterocycles. The number of carbonyl (C=O) groups excluding carboxylic acids is 1. The molecule has 0 unspecified atom stereocenters. The molecule has 2 aromatic rings. The highest BCUT2D eigenvalue weighted by molar-refractivity contribution is 6.30. The van der Waals surface area contributed by atoms with Crippen molar-refractivity contribution < 1.29 is 13.6 Å². The molecule has 0 heterocycles. The Labute approximate surface area is 107 Å². The van der Waals surface area contributed by atoms with E-state index in [0.717, 1.165) is 18.2 Å². The van der Waals surface area contributed by atoms with Crippen LogP contribution in [0.25, 0.3) is 0 Å². The standard InChI is InChI=1S/C13H8ClF2NO/c14-8-1-4-10(5-2-8)17-13(18)11-7-9(15)3-6-12(11)16/h1-7H,(H,17,18). The van der Waals surface area contributed by atoms with Crippen LogP contribution < -0.4 is 5.32 Å². The van der Waals surface area contributed by atoms with Gasteiger partial charge in [-0.3, -0.25) is 4.79 Å². The third-order valence-corrected chi connectivity index (χ3v) is 2.53. The summed E-state index contributed by atoms with van der Waals surface area (Å²) in [6.45, 7) is 0. The fourth-order valence-corrected chi connectivity index (χ4v) is 1.53. The lowest BCUT2D eigenvalue weighted by atomic mass is 10.2. The molecule has 0 aliphatic carbocycles. The molecule has 0 spiro atoms. The van der Waals surface area contributed by atoms with E-state index in [-0.39, 0.29) is 5.56 Å². The Balaban J connectivity index is 2.21. The van der Waals surface area contributed by atoms with E-state index in [0.29, 0.717) is 10.7 Å². The van der Waals surface area contributed by atoms with Gasteiger partial charge >= 0.3 is 0 Å². The smallest absolute Gasteiger partial charge is 0.258 e. The predicted molar refractivity (Wildman–Crippen MR) is 65.8 cm³/mol. The number of nitrogens with one attached hydrogen (secondary N) is 1. The maximum atomic E-state index is 13.3. The molecule has 92 valence electrons. The molecule has 2 aromatic carbocycles. The van der Waals surface area contributed by atoms with Crippen LogP contribution in [0.4, 0.5) is 14.5 Å². The second-order valence-electron chi connectivity index (χ2n) is 3.59. The molecule has 0 aliphatic rings. The minimum Gasteiger partial charge on any atom is -0.322 e. The van der Waals surface area contributed by atoms with E-state index in [2.05, 4.69) is 5.32 Å². The summed E-state index contributed by atoms with van der Waals surface area (Å²) in [5, 5.41) is 2.97. The van der Waals surface area contributed by atoms with Gasteiger partial charge in [-0.2, -0.15) is 0 Å². The Bertz CT molecular complexity index is 584. The second-order valence-corrected chi connectivity index (χ2v) is 4.02. The van der Waals surface area contributed by atoms with Crippen molar-refractivity contribution in [1.29, 1.82) is 0 Å². The number of anilines is 1. The van der Waals surface area contributed by atoms with Gasteiger partial charge in [0.15, 0.2) is 0 Å². The fourth-order valence-electron chi connectivity index (χ4n) is 1.40. The highest BCUT2D eigenvalue weighted by atomic mass is 35.5. The molecule has 5 heteroatoms. The lowest BCUT2D eigenvalue weighted by molar-refractivity contribution is 0.102. The number of hydrogen-bond donors (Lipinski definition) is 1. The van der Waals surface area contributed by atoms with Crippen LogP contribution in [-0.4, -0.2) is 5.91 Å². The first-order valence-corrected chi connectivity index (χ1v) is 5.46. The van der Waals surface area contributed by atoms with E-state index < -0.39 is 17.5 Å². The van der Waals surface area contributed by atoms with E-state index in [4.69, 9.17) is 11.6 Å². The molecule has 0 saturated carbocycles. The van der Waals surface area contributed by atoms with E-state index in [9.17, 15) is 13.6 Å². The Morgan fingerprint density at radius 1 is 1.06 bits per heavy atom. The number of rotatable bonds is 2. The van der Waals surface area contributed by atoms with Gasteiger partial charge in [0.25, 0.3) is 5.91 Å². The van der Waals surface area contributed by atoms with Gasteiger partial charge in [0.2, 0.25) is 0 Å². The minimum absolute atomic E-state index is 0.343. The first kappa shape index (κ1) is 12.5. The van der Waals surface area contributed by atoms with E-state index >= 15 is 0 Å². The lowest BCUT2D eigenvalue weighted by Crippen LogP contribution is -2.14. The first-order valence-electron chi connectivity index (χ1n) is 5.08. The summed E-state index contributed by atoms with van der Waals surface area (Å²) in [6, 6.07) is 9.01. The van der Waals surface area contributed by atoms with Crippen LogP contribution in [0.2, 0.25) is 5.02 Å². The Hall–Kier alpha value is -1.94. The first-order chi connectivity index (χ1) is 8.56. The van der Waals surface area contributed by atoms with Gasteiger partial charge < -0.3 is 5.32 Å². The highest BCUT2D eigenvalue weighted by Gasteiger charge is 2.12. The summed E-state index contributed by atoms with van der Waals surface area (Å²) in [5.74, 6) is -2.16. The van der Waals surface area contributed by atoms with E-state index in [1.54, 1.807) is 24.3 Å². The largest absolute Gasteiger partial charge is 0.322 e. The van der Waals surface area contributed by atoms with Crippen molar-refractivity contribution in [3.63, 3.8) is 0 Å². The molecule has 0 radical (unpaired) electrons. The van der Waals surface area contributed by atoms with Crippen molar-refractivity contribution in [2.45, 2.75) is 0 Å². The predicted octanol–water partition coefficient (Wildman–Crippen LogP) is 3.87. The van der Waals surface area contributed by atoms with Gasteiger partial charge in [0, 0.05) is 10.7 Å². The average molecular weight is 268 g/mol. The molecule has 0 bridgehead atoms. The van der Waals surface area contributed by atoms with Crippen molar-refractivity contribution in [2.24, 2.45) is 0 Å². The van der Waals surface area contributed by atoms with E-state index in [1.165, 1.54) is 0 Å². The molecule has 0 aliphatic heterocycles. The van der Waals surface area contributed by atoms with Gasteiger partial charge in [-0.25, -0.2) is 8.78 Å². The average Bonchev–Trinajstić information content (AvgIpc) is 2.35. The summed E-state index contributed by atoms with van der Waals surface area (Å²) < 4.78 is 26.3. The zero-order chi connectivity index (χ0) is 13.1. The summed E-state index contributed by atoms with van der Waals surface area (Å²) in [6.07, 6.45) is 0. The van der Waals surface area contributed by atoms with E-state index in [1.807, 2.05) is 0 Å². The highest BCUT2D eigenvalue weighted by Crippen LogP contribution is 2.16. The van der Waals surface area contributed by atoms with Crippen LogP contribution in [0.15, 0.2) is 42.5 Å². The van der Waals surface area contributed by atoms with Gasteiger partial charge in [0.05, 0.1) is 5.56 Å². The molecule has 2 nitrogen and oxygen atoms in total. The third kappa shape index (κ3) is 2.84. The van der Waals surface area contributed by atoms with Crippen molar-refractivity contribution in [1.82, 2.24) is 0 Å². The summed E-state index contributed by atoms with van der Waals surface area (Å²) in [7, 11) is 0. The van der Waals surface area contributed by atoms with Crippen LogP contribution in [-0.2, 0) is 0 Å². The van der Waals surface area contributed by atoms with Crippen molar-refractivity contribution >= 4 is 23.2 Å². The fraction of sp³-hybridized carbons (Fsp3) is 0. The van der Waals surface area contributed by atoms with Crippen molar-refractivity contribution in [3.8, 4) is 0 Å². The Morgan fingerprint density at radius 3 is 2.39 bits per heavy atom. The quantitative estimate of drug-likeness (QED) is 0.879. The number of amides is 1. The molecule has 18 heavy (non-hydrogen) atoms. The van der Waals surface area contributed by atoms with Crippen LogP contribution in [0, 0.1) is 11.6 Å². The van der Waals surface area contributed by atoms with Crippen LogP contribution >= 0.6 is 11.6 Å². The topological polar surface area (TPSA) is 29.1 Å². The molecule has 2 rings (SSSR count). The minimum atomic E-state index is -0.775. The normalized spacial score (nSPS) is 10.2. The molecule has 0 fully saturated rings.